The van der Waals surface area contributed by atoms with Gasteiger partial charge in [-0.1, -0.05) is 41.4 Å². The molecule has 0 aliphatic carbocycles. The largest absolute Gasteiger partial charge is 0.450 e. The van der Waals surface area contributed by atoms with Crippen molar-refractivity contribution in [2.75, 3.05) is 4.90 Å². The standard InChI is InChI=1S/C16H9Cl2NO3/c17-10-6-8-12(9-7-10)22-14-13(18)15(20)19(16(14)21)11-4-2-1-3-5-11/h1-9H. The Morgan fingerprint density at radius 3 is 2.09 bits per heavy atom. The van der Waals surface area contributed by atoms with E-state index in [-0.39, 0.29) is 10.8 Å². The first-order valence-corrected chi connectivity index (χ1v) is 7.10. The molecule has 110 valence electrons. The molecule has 2 aromatic carbocycles. The molecule has 0 unspecified atom stereocenters. The Balaban J connectivity index is 1.90. The lowest BCUT2D eigenvalue weighted by Crippen LogP contribution is -2.31. The second-order valence-electron chi connectivity index (χ2n) is 4.48. The zero-order valence-corrected chi connectivity index (χ0v) is 12.6. The molecule has 3 rings (SSSR count). The molecule has 6 heteroatoms. The highest BCUT2D eigenvalue weighted by Gasteiger charge is 2.40. The highest BCUT2D eigenvalue weighted by molar-refractivity contribution is 6.52. The maximum atomic E-state index is 12.4. The van der Waals surface area contributed by atoms with E-state index in [1.165, 1.54) is 0 Å². The lowest BCUT2D eigenvalue weighted by atomic mass is 10.3. The number of benzene rings is 2. The van der Waals surface area contributed by atoms with Gasteiger partial charge in [0.25, 0.3) is 5.91 Å². The summed E-state index contributed by atoms with van der Waals surface area (Å²) in [5.74, 6) is -1.04. The maximum absolute atomic E-state index is 12.4. The third kappa shape index (κ3) is 2.58. The van der Waals surface area contributed by atoms with Gasteiger partial charge in [-0.15, -0.1) is 0 Å². The number of carbonyl (C=O) groups is 2. The number of amides is 2. The number of carbonyl (C=O) groups excluding carboxylic acids is 2. The van der Waals surface area contributed by atoms with E-state index >= 15 is 0 Å². The van der Waals surface area contributed by atoms with Gasteiger partial charge in [-0.05, 0) is 36.4 Å². The summed E-state index contributed by atoms with van der Waals surface area (Å²) >= 11 is 11.8. The number of halogens is 2. The van der Waals surface area contributed by atoms with E-state index in [1.807, 2.05) is 0 Å². The van der Waals surface area contributed by atoms with Gasteiger partial charge in [0.05, 0.1) is 5.69 Å². The molecule has 0 radical (unpaired) electrons. The quantitative estimate of drug-likeness (QED) is 0.804. The van der Waals surface area contributed by atoms with E-state index in [4.69, 9.17) is 27.9 Å². The normalized spacial score (nSPS) is 14.7. The Kier molecular flexibility index (Phi) is 3.88. The summed E-state index contributed by atoms with van der Waals surface area (Å²) in [5, 5.41) is 0.288. The van der Waals surface area contributed by atoms with Crippen molar-refractivity contribution < 1.29 is 14.3 Å². The van der Waals surface area contributed by atoms with Crippen molar-refractivity contribution in [3.63, 3.8) is 0 Å². The molecule has 22 heavy (non-hydrogen) atoms. The number of nitrogens with zero attached hydrogens (tertiary/aromatic N) is 1. The smallest absolute Gasteiger partial charge is 0.302 e. The molecule has 1 aliphatic rings. The molecule has 0 saturated heterocycles. The first-order chi connectivity index (χ1) is 10.6. The van der Waals surface area contributed by atoms with E-state index in [9.17, 15) is 9.59 Å². The molecule has 0 fully saturated rings. The van der Waals surface area contributed by atoms with Gasteiger partial charge in [-0.2, -0.15) is 0 Å². The summed E-state index contributed by atoms with van der Waals surface area (Å²) in [7, 11) is 0. The lowest BCUT2D eigenvalue weighted by molar-refractivity contribution is -0.121. The Bertz CT molecular complexity index is 770. The molecule has 0 bridgehead atoms. The average Bonchev–Trinajstić information content (AvgIpc) is 2.74. The minimum atomic E-state index is -0.609. The molecule has 0 spiro atoms. The SMILES string of the molecule is O=C1C(Cl)=C(Oc2ccc(Cl)cc2)C(=O)N1c1ccccc1. The first kappa shape index (κ1) is 14.6. The van der Waals surface area contributed by atoms with Crippen LogP contribution in [0.4, 0.5) is 5.69 Å². The van der Waals surface area contributed by atoms with Crippen molar-refractivity contribution in [2.24, 2.45) is 0 Å². The number of anilines is 1. The van der Waals surface area contributed by atoms with Crippen LogP contribution < -0.4 is 9.64 Å². The number of hydrogen-bond acceptors (Lipinski definition) is 3. The number of rotatable bonds is 3. The number of hydrogen-bond donors (Lipinski definition) is 0. The minimum absolute atomic E-state index is 0.196. The van der Waals surface area contributed by atoms with Crippen molar-refractivity contribution in [3.05, 3.63) is 70.4 Å². The predicted molar refractivity (Wildman–Crippen MR) is 83.9 cm³/mol. The highest BCUT2D eigenvalue weighted by atomic mass is 35.5. The summed E-state index contributed by atoms with van der Waals surface area (Å²) in [6, 6.07) is 14.9. The van der Waals surface area contributed by atoms with Crippen LogP contribution in [0.2, 0.25) is 5.02 Å². The van der Waals surface area contributed by atoms with E-state index in [0.29, 0.717) is 16.5 Å². The van der Waals surface area contributed by atoms with Crippen LogP contribution in [0.15, 0.2) is 65.4 Å². The third-order valence-electron chi connectivity index (χ3n) is 3.04. The van der Waals surface area contributed by atoms with Crippen molar-refractivity contribution in [1.29, 1.82) is 0 Å². The Morgan fingerprint density at radius 2 is 1.45 bits per heavy atom. The van der Waals surface area contributed by atoms with Gasteiger partial charge in [0.2, 0.25) is 5.76 Å². The van der Waals surface area contributed by atoms with Crippen LogP contribution in [-0.2, 0) is 9.59 Å². The fourth-order valence-electron chi connectivity index (χ4n) is 2.00. The second-order valence-corrected chi connectivity index (χ2v) is 5.29. The fraction of sp³-hybridized carbons (Fsp3) is 0. The van der Waals surface area contributed by atoms with E-state index in [0.717, 1.165) is 4.90 Å². The summed E-state index contributed by atoms with van der Waals surface area (Å²) in [6.45, 7) is 0. The van der Waals surface area contributed by atoms with Gasteiger partial charge in [0.15, 0.2) is 5.03 Å². The fourth-order valence-corrected chi connectivity index (χ4v) is 2.33. The van der Waals surface area contributed by atoms with Crippen LogP contribution in [-0.4, -0.2) is 11.8 Å². The summed E-state index contributed by atoms with van der Waals surface area (Å²) in [6.07, 6.45) is 0. The first-order valence-electron chi connectivity index (χ1n) is 6.35. The van der Waals surface area contributed by atoms with Gasteiger partial charge in [0.1, 0.15) is 5.75 Å². The topological polar surface area (TPSA) is 46.6 Å². The molecular weight excluding hydrogens is 325 g/mol. The van der Waals surface area contributed by atoms with E-state index in [1.54, 1.807) is 54.6 Å². The van der Waals surface area contributed by atoms with E-state index < -0.39 is 11.8 Å². The molecule has 0 saturated carbocycles. The highest BCUT2D eigenvalue weighted by Crippen LogP contribution is 2.31. The molecule has 0 N–H and O–H groups in total. The molecule has 1 aliphatic heterocycles. The average molecular weight is 334 g/mol. The van der Waals surface area contributed by atoms with Gasteiger partial charge in [-0.3, -0.25) is 9.59 Å². The maximum Gasteiger partial charge on any atom is 0.302 e. The van der Waals surface area contributed by atoms with Gasteiger partial charge in [0, 0.05) is 5.02 Å². The van der Waals surface area contributed by atoms with Gasteiger partial charge >= 0.3 is 5.91 Å². The second kappa shape index (κ2) is 5.83. The number of ether oxygens (including phenoxy) is 1. The van der Waals surface area contributed by atoms with Crippen LogP contribution in [0.25, 0.3) is 0 Å². The molecular formula is C16H9Cl2NO3. The summed E-state index contributed by atoms with van der Waals surface area (Å²) in [5.41, 5.74) is 0.436. The Morgan fingerprint density at radius 1 is 0.818 bits per heavy atom. The predicted octanol–water partition coefficient (Wildman–Crippen LogP) is 3.74. The van der Waals surface area contributed by atoms with Gasteiger partial charge in [-0.25, -0.2) is 4.90 Å². The minimum Gasteiger partial charge on any atom is -0.450 e. The van der Waals surface area contributed by atoms with Crippen molar-refractivity contribution >= 4 is 40.7 Å². The van der Waals surface area contributed by atoms with Crippen LogP contribution in [0, 0.1) is 0 Å². The molecule has 0 atom stereocenters. The molecule has 0 aromatic heterocycles. The summed E-state index contributed by atoms with van der Waals surface area (Å²) < 4.78 is 5.45. The van der Waals surface area contributed by atoms with Crippen LogP contribution in [0.5, 0.6) is 5.75 Å². The Labute approximate surface area is 136 Å². The molecule has 2 aromatic rings. The zero-order chi connectivity index (χ0) is 15.7. The van der Waals surface area contributed by atoms with Crippen LogP contribution >= 0.6 is 23.2 Å². The molecule has 4 nitrogen and oxygen atoms in total. The van der Waals surface area contributed by atoms with Crippen molar-refractivity contribution in [2.45, 2.75) is 0 Å². The van der Waals surface area contributed by atoms with Crippen molar-refractivity contribution in [3.8, 4) is 5.75 Å². The molecule has 1 heterocycles. The van der Waals surface area contributed by atoms with Crippen LogP contribution in [0.3, 0.4) is 0 Å². The lowest BCUT2D eigenvalue weighted by Gasteiger charge is -2.14. The summed E-state index contributed by atoms with van der Waals surface area (Å²) in [4.78, 5) is 25.6. The zero-order valence-electron chi connectivity index (χ0n) is 11.1. The van der Waals surface area contributed by atoms with Crippen LogP contribution in [0.1, 0.15) is 0 Å². The Hall–Kier alpha value is -2.30. The third-order valence-corrected chi connectivity index (χ3v) is 3.62. The molecule has 2 amide bonds. The van der Waals surface area contributed by atoms with E-state index in [2.05, 4.69) is 0 Å². The number of imide groups is 1. The monoisotopic (exact) mass is 333 g/mol. The van der Waals surface area contributed by atoms with Crippen molar-refractivity contribution in [1.82, 2.24) is 0 Å². The number of para-hydroxylation sites is 1. The van der Waals surface area contributed by atoms with Gasteiger partial charge < -0.3 is 4.74 Å².